The van der Waals surface area contributed by atoms with Crippen LogP contribution in [0.1, 0.15) is 62.1 Å². The Labute approximate surface area is 201 Å². The summed E-state index contributed by atoms with van der Waals surface area (Å²) < 4.78 is 26.2. The van der Waals surface area contributed by atoms with E-state index in [-0.39, 0.29) is 25.6 Å². The smallest absolute Gasteiger partial charge is 0.333 e. The number of halogens is 1. The highest BCUT2D eigenvalue weighted by molar-refractivity contribution is 5.87. The number of carbonyl (C=O) groups excluding carboxylic acids is 1. The van der Waals surface area contributed by atoms with E-state index in [1.807, 2.05) is 12.1 Å². The van der Waals surface area contributed by atoms with Crippen molar-refractivity contribution < 1.29 is 23.8 Å². The van der Waals surface area contributed by atoms with Crippen LogP contribution >= 0.6 is 0 Å². The van der Waals surface area contributed by atoms with E-state index in [1.165, 1.54) is 44.1 Å². The molecule has 0 spiro atoms. The normalized spacial score (nSPS) is 18.3. The molecule has 0 aliphatic heterocycles. The van der Waals surface area contributed by atoms with Crippen LogP contribution in [0.3, 0.4) is 0 Å². The molecule has 0 radical (unpaired) electrons. The lowest BCUT2D eigenvalue weighted by molar-refractivity contribution is -0.140. The Morgan fingerprint density at radius 1 is 1.09 bits per heavy atom. The Kier molecular flexibility index (Phi) is 8.04. The van der Waals surface area contributed by atoms with Gasteiger partial charge in [0.1, 0.15) is 24.8 Å². The van der Waals surface area contributed by atoms with Gasteiger partial charge in [-0.15, -0.1) is 0 Å². The highest BCUT2D eigenvalue weighted by Gasteiger charge is 2.28. The lowest BCUT2D eigenvalue weighted by atomic mass is 9.71. The fourth-order valence-corrected chi connectivity index (χ4v) is 5.46. The number of hydrogen-bond acceptors (Lipinski definition) is 4. The van der Waals surface area contributed by atoms with E-state index in [9.17, 15) is 4.79 Å². The molecule has 4 rings (SSSR count). The molecule has 1 N–H and O–H groups in total. The van der Waals surface area contributed by atoms with Crippen LogP contribution in [0.4, 0.5) is 4.39 Å². The first kappa shape index (κ1) is 24.5. The van der Waals surface area contributed by atoms with E-state index in [0.29, 0.717) is 33.9 Å². The third-order valence-corrected chi connectivity index (χ3v) is 7.30. The van der Waals surface area contributed by atoms with Gasteiger partial charge in [0.2, 0.25) is 0 Å². The SMILES string of the molecule is C=C(C)C(=O)OCc1cc(-c2cc3c(cc2F)CC(C2CCCCC2)CC3)ccc1OCCO. The van der Waals surface area contributed by atoms with E-state index in [0.717, 1.165) is 24.3 Å². The average Bonchev–Trinajstić information content (AvgIpc) is 2.86. The topological polar surface area (TPSA) is 55.8 Å². The molecular weight excluding hydrogens is 431 g/mol. The van der Waals surface area contributed by atoms with Crippen LogP contribution in [-0.2, 0) is 29.0 Å². The minimum Gasteiger partial charge on any atom is -0.491 e. The Hall–Kier alpha value is -2.66. The first-order chi connectivity index (χ1) is 16.5. The lowest BCUT2D eigenvalue weighted by Crippen LogP contribution is -2.24. The van der Waals surface area contributed by atoms with Gasteiger partial charge in [-0.3, -0.25) is 0 Å². The molecule has 2 aromatic carbocycles. The number of hydrogen-bond donors (Lipinski definition) is 1. The summed E-state index contributed by atoms with van der Waals surface area (Å²) in [6.07, 6.45) is 9.83. The number of ether oxygens (including phenoxy) is 2. The Balaban J connectivity index is 1.58. The number of aliphatic hydroxyl groups is 1. The van der Waals surface area contributed by atoms with Gasteiger partial charge in [-0.25, -0.2) is 9.18 Å². The standard InChI is InChI=1S/C29H35FO4/c1-19(2)29(32)34-18-25-15-23(10-11-28(25)33-13-12-31)26-16-22-9-8-21(14-24(22)17-27(26)30)20-6-4-3-5-7-20/h10-11,15-17,20-21,31H,1,3-9,12-14,18H2,2H3. The van der Waals surface area contributed by atoms with Gasteiger partial charge in [0.25, 0.3) is 0 Å². The second-order valence-corrected chi connectivity index (χ2v) is 9.75. The number of aryl methyl sites for hydroxylation is 1. The molecule has 182 valence electrons. The van der Waals surface area contributed by atoms with Gasteiger partial charge < -0.3 is 14.6 Å². The van der Waals surface area contributed by atoms with Gasteiger partial charge in [-0.05, 0) is 79.0 Å². The van der Waals surface area contributed by atoms with Crippen molar-refractivity contribution in [2.24, 2.45) is 11.8 Å². The molecule has 4 nitrogen and oxygen atoms in total. The number of rotatable bonds is 8. The molecule has 0 saturated heterocycles. The van der Waals surface area contributed by atoms with Gasteiger partial charge in [-0.1, -0.05) is 44.7 Å². The molecule has 1 unspecified atom stereocenters. The summed E-state index contributed by atoms with van der Waals surface area (Å²) in [6, 6.07) is 9.09. The monoisotopic (exact) mass is 466 g/mol. The molecule has 1 fully saturated rings. The van der Waals surface area contributed by atoms with E-state index >= 15 is 4.39 Å². The molecule has 0 heterocycles. The summed E-state index contributed by atoms with van der Waals surface area (Å²) in [4.78, 5) is 11.9. The minimum atomic E-state index is -0.494. The molecule has 2 aliphatic rings. The molecule has 0 bridgehead atoms. The number of esters is 1. The molecule has 1 atom stereocenters. The van der Waals surface area contributed by atoms with Gasteiger partial charge in [0.05, 0.1) is 6.61 Å². The zero-order chi connectivity index (χ0) is 24.1. The molecule has 5 heteroatoms. The zero-order valence-electron chi connectivity index (χ0n) is 20.1. The highest BCUT2D eigenvalue weighted by Crippen LogP contribution is 2.40. The second kappa shape index (κ2) is 11.2. The van der Waals surface area contributed by atoms with E-state index in [2.05, 4.69) is 6.58 Å². The van der Waals surface area contributed by atoms with E-state index in [4.69, 9.17) is 14.6 Å². The van der Waals surface area contributed by atoms with E-state index < -0.39 is 5.97 Å². The number of aliphatic hydroxyl groups excluding tert-OH is 1. The quantitative estimate of drug-likeness (QED) is 0.373. The van der Waals surface area contributed by atoms with Gasteiger partial charge in [0, 0.05) is 16.7 Å². The third-order valence-electron chi connectivity index (χ3n) is 7.30. The molecule has 1 saturated carbocycles. The number of fused-ring (bicyclic) bond motifs is 1. The van der Waals surface area contributed by atoms with Crippen LogP contribution in [0.2, 0.25) is 0 Å². The molecule has 2 aliphatic carbocycles. The summed E-state index contributed by atoms with van der Waals surface area (Å²) in [5.41, 5.74) is 4.58. The average molecular weight is 467 g/mol. The van der Waals surface area contributed by atoms with Crippen molar-refractivity contribution >= 4 is 5.97 Å². The zero-order valence-corrected chi connectivity index (χ0v) is 20.1. The fraction of sp³-hybridized carbons (Fsp3) is 0.483. The largest absolute Gasteiger partial charge is 0.491 e. The van der Waals surface area contributed by atoms with Crippen LogP contribution in [0.15, 0.2) is 42.5 Å². The van der Waals surface area contributed by atoms with Crippen molar-refractivity contribution in [1.82, 2.24) is 0 Å². The molecule has 0 aromatic heterocycles. The predicted molar refractivity (Wildman–Crippen MR) is 131 cm³/mol. The van der Waals surface area contributed by atoms with Crippen LogP contribution in [0.5, 0.6) is 5.75 Å². The predicted octanol–water partition coefficient (Wildman–Crippen LogP) is 6.17. The first-order valence-electron chi connectivity index (χ1n) is 12.5. The van der Waals surface area contributed by atoms with Gasteiger partial charge in [-0.2, -0.15) is 0 Å². The second-order valence-electron chi connectivity index (χ2n) is 9.75. The fourth-order valence-electron chi connectivity index (χ4n) is 5.46. The summed E-state index contributed by atoms with van der Waals surface area (Å²) in [5, 5.41) is 9.12. The third kappa shape index (κ3) is 5.69. The van der Waals surface area contributed by atoms with Crippen molar-refractivity contribution in [2.45, 2.75) is 64.9 Å². The van der Waals surface area contributed by atoms with Crippen molar-refractivity contribution in [3.05, 3.63) is 65.0 Å². The molecule has 0 amide bonds. The van der Waals surface area contributed by atoms with Crippen LogP contribution < -0.4 is 4.74 Å². The Morgan fingerprint density at radius 2 is 1.88 bits per heavy atom. The number of benzene rings is 2. The van der Waals surface area contributed by atoms with Crippen LogP contribution in [0, 0.1) is 17.7 Å². The van der Waals surface area contributed by atoms with Crippen LogP contribution in [-0.4, -0.2) is 24.3 Å². The van der Waals surface area contributed by atoms with Crippen molar-refractivity contribution in [2.75, 3.05) is 13.2 Å². The van der Waals surface area contributed by atoms with E-state index in [1.54, 1.807) is 25.1 Å². The highest BCUT2D eigenvalue weighted by atomic mass is 19.1. The maximum absolute atomic E-state index is 15.3. The van der Waals surface area contributed by atoms with Gasteiger partial charge >= 0.3 is 5.97 Å². The Bertz CT molecular complexity index is 1040. The lowest BCUT2D eigenvalue weighted by Gasteiger charge is -2.34. The van der Waals surface area contributed by atoms with Crippen molar-refractivity contribution in [3.8, 4) is 16.9 Å². The first-order valence-corrected chi connectivity index (χ1v) is 12.5. The Morgan fingerprint density at radius 3 is 2.62 bits per heavy atom. The molecule has 34 heavy (non-hydrogen) atoms. The summed E-state index contributed by atoms with van der Waals surface area (Å²) in [6.45, 7) is 5.16. The molecular formula is C29H35FO4. The van der Waals surface area contributed by atoms with Crippen molar-refractivity contribution in [1.29, 1.82) is 0 Å². The molecule has 2 aromatic rings. The summed E-state index contributed by atoms with van der Waals surface area (Å²) in [5.74, 6) is 1.25. The minimum absolute atomic E-state index is 0.0179. The maximum Gasteiger partial charge on any atom is 0.333 e. The maximum atomic E-state index is 15.3. The van der Waals surface area contributed by atoms with Crippen LogP contribution in [0.25, 0.3) is 11.1 Å². The summed E-state index contributed by atoms with van der Waals surface area (Å²) >= 11 is 0. The van der Waals surface area contributed by atoms with Crippen molar-refractivity contribution in [3.63, 3.8) is 0 Å². The summed E-state index contributed by atoms with van der Waals surface area (Å²) in [7, 11) is 0. The number of carbonyl (C=O) groups is 1. The van der Waals surface area contributed by atoms with Gasteiger partial charge in [0.15, 0.2) is 0 Å².